The van der Waals surface area contributed by atoms with Crippen molar-refractivity contribution in [3.63, 3.8) is 0 Å². The summed E-state index contributed by atoms with van der Waals surface area (Å²) in [6.45, 7) is -0.346. The molecule has 2 fully saturated rings. The Morgan fingerprint density at radius 3 is 2.37 bits per heavy atom. The molecule has 6 rings (SSSR count). The molecule has 2 aliphatic heterocycles. The summed E-state index contributed by atoms with van der Waals surface area (Å²) < 4.78 is 68.0. The van der Waals surface area contributed by atoms with E-state index in [1.54, 1.807) is 17.0 Å². The Labute approximate surface area is 242 Å². The van der Waals surface area contributed by atoms with Crippen LogP contribution in [0.25, 0.3) is 10.9 Å². The van der Waals surface area contributed by atoms with E-state index in [1.165, 1.54) is 23.8 Å². The summed E-state index contributed by atoms with van der Waals surface area (Å²) >= 11 is 0. The van der Waals surface area contributed by atoms with Crippen molar-refractivity contribution >= 4 is 41.8 Å². The van der Waals surface area contributed by atoms with Gasteiger partial charge in [0.15, 0.2) is 11.6 Å². The highest BCUT2D eigenvalue weighted by Gasteiger charge is 2.37. The molecule has 1 saturated heterocycles. The van der Waals surface area contributed by atoms with Crippen LogP contribution < -0.4 is 15.1 Å². The summed E-state index contributed by atoms with van der Waals surface area (Å²) in [5.41, 5.74) is -0.856. The van der Waals surface area contributed by atoms with Crippen molar-refractivity contribution in [3.05, 3.63) is 80.7 Å². The molecule has 43 heavy (non-hydrogen) atoms. The van der Waals surface area contributed by atoms with Crippen molar-refractivity contribution in [2.45, 2.75) is 31.7 Å². The van der Waals surface area contributed by atoms with Crippen molar-refractivity contribution in [2.24, 2.45) is 0 Å². The zero-order valence-corrected chi connectivity index (χ0v) is 22.9. The van der Waals surface area contributed by atoms with Crippen LogP contribution in [0, 0.1) is 5.82 Å². The number of rotatable bonds is 7. The minimum absolute atomic E-state index is 0.0326. The maximum atomic E-state index is 15.8. The lowest BCUT2D eigenvalue weighted by Gasteiger charge is -2.33. The molecule has 0 atom stereocenters. The van der Waals surface area contributed by atoms with Gasteiger partial charge in [-0.2, -0.15) is 0 Å². The quantitative estimate of drug-likeness (QED) is 0.222. The summed E-state index contributed by atoms with van der Waals surface area (Å²) in [5.74, 6) is -4.34. The molecule has 0 spiro atoms. The molecule has 1 aromatic heterocycles. The number of anilines is 1. The number of carbonyl (C=O) groups excluding carboxylic acids is 3. The second-order valence-electron chi connectivity index (χ2n) is 10.6. The third kappa shape index (κ3) is 4.94. The van der Waals surface area contributed by atoms with E-state index in [0.717, 1.165) is 17.2 Å². The summed E-state index contributed by atoms with van der Waals surface area (Å²) in [7, 11) is -2.16. The molecule has 1 saturated carbocycles. The maximum absolute atomic E-state index is 15.8. The van der Waals surface area contributed by atoms with Crippen molar-refractivity contribution in [2.75, 3.05) is 31.6 Å². The van der Waals surface area contributed by atoms with Gasteiger partial charge < -0.3 is 18.9 Å². The average molecular weight is 597 g/mol. The van der Waals surface area contributed by atoms with Crippen LogP contribution in [0.4, 0.5) is 23.1 Å². The van der Waals surface area contributed by atoms with Gasteiger partial charge in [-0.25, -0.2) is 22.2 Å². The number of halogens is 4. The van der Waals surface area contributed by atoms with E-state index in [2.05, 4.69) is 4.65 Å². The zero-order chi connectivity index (χ0) is 30.6. The molecule has 9 nitrogen and oxygen atoms in total. The van der Waals surface area contributed by atoms with E-state index < -0.39 is 54.4 Å². The molecule has 222 valence electrons. The van der Waals surface area contributed by atoms with Gasteiger partial charge in [-0.05, 0) is 49.5 Å². The topological polar surface area (TPSA) is 98.2 Å². The van der Waals surface area contributed by atoms with Crippen molar-refractivity contribution in [3.8, 4) is 5.75 Å². The van der Waals surface area contributed by atoms with Crippen molar-refractivity contribution in [1.29, 1.82) is 0 Å². The number of pyridine rings is 1. The van der Waals surface area contributed by atoms with Gasteiger partial charge in [-0.15, -0.1) is 0 Å². The Balaban J connectivity index is 1.37. The fourth-order valence-electron chi connectivity index (χ4n) is 5.78. The highest BCUT2D eigenvalue weighted by atomic mass is 19.2. The predicted octanol–water partition coefficient (Wildman–Crippen LogP) is 4.68. The number of hydrogen-bond acceptors (Lipinski definition) is 7. The van der Waals surface area contributed by atoms with Crippen LogP contribution in [0.15, 0.2) is 52.7 Å². The fraction of sp³-hybridized carbons (Fsp3) is 0.310. The number of amides is 2. The lowest BCUT2D eigenvalue weighted by molar-refractivity contribution is 0.0654. The summed E-state index contributed by atoms with van der Waals surface area (Å²) in [6, 6.07) is 6.97. The highest BCUT2D eigenvalue weighted by molar-refractivity contribution is 6.38. The Hall–Kier alpha value is -4.62. The molecule has 0 N–H and O–H groups in total. The molecule has 1 aliphatic carbocycles. The van der Waals surface area contributed by atoms with E-state index in [-0.39, 0.29) is 51.6 Å². The first-order chi connectivity index (χ1) is 20.6. The van der Waals surface area contributed by atoms with E-state index in [4.69, 9.17) is 4.74 Å². The van der Waals surface area contributed by atoms with E-state index in [9.17, 15) is 27.8 Å². The monoisotopic (exact) mass is 597 g/mol. The number of nitrogens with zero attached hydrogens (tertiary/aromatic N) is 3. The van der Waals surface area contributed by atoms with Gasteiger partial charge in [0.1, 0.15) is 17.1 Å². The van der Waals surface area contributed by atoms with Crippen LogP contribution in [0.1, 0.15) is 62.8 Å². The molecule has 14 heteroatoms. The summed E-state index contributed by atoms with van der Waals surface area (Å²) in [6.07, 6.45) is 3.18. The summed E-state index contributed by atoms with van der Waals surface area (Å²) in [5, 5.41) is -0.252. The number of hydrogen-bond donors (Lipinski definition) is 0. The number of aromatic nitrogens is 1. The highest BCUT2D eigenvalue weighted by Crippen LogP contribution is 2.44. The number of fused-ring (bicyclic) bond motifs is 2. The first kappa shape index (κ1) is 28.5. The number of benzene rings is 2. The third-order valence-electron chi connectivity index (χ3n) is 7.92. The van der Waals surface area contributed by atoms with Crippen LogP contribution in [-0.2, 0) is 4.65 Å². The molecule has 0 radical (unpaired) electrons. The maximum Gasteiger partial charge on any atom is 0.798 e. The molecule has 3 aromatic rings. The molecular formula is C29H24BF4N3O6. The molecule has 0 unspecified atom stereocenters. The Bertz CT molecular complexity index is 1750. The lowest BCUT2D eigenvalue weighted by atomic mass is 10.0. The average Bonchev–Trinajstić information content (AvgIpc) is 3.81. The Morgan fingerprint density at radius 1 is 1.09 bits per heavy atom. The zero-order valence-electron chi connectivity index (χ0n) is 22.9. The minimum atomic E-state index is -3.44. The van der Waals surface area contributed by atoms with Crippen LogP contribution in [-0.4, -0.2) is 61.5 Å². The van der Waals surface area contributed by atoms with Gasteiger partial charge in [-0.3, -0.25) is 19.3 Å². The third-order valence-corrected chi connectivity index (χ3v) is 7.92. The lowest BCUT2D eigenvalue weighted by Crippen LogP contribution is -2.35. The standard InChI is InChI=1S/C29H24BF4N3O6/c1-42-26-23-19(25(38)20(29(41)43-30(33)34)13-36(23)16-8-9-16)11-21(31)24(26)35-10-4-5-15(12-35)22(32)14-37-27(39)17-6-2-3-7-18(17)28(37)40/h2-3,6-7,11,13,16H,4-5,8-10,12,14H2,1H3. The number of carbonyl (C=O) groups is 3. The van der Waals surface area contributed by atoms with Gasteiger partial charge in [-0.1, -0.05) is 12.1 Å². The molecular weight excluding hydrogens is 573 g/mol. The summed E-state index contributed by atoms with van der Waals surface area (Å²) in [4.78, 5) is 53.3. The largest absolute Gasteiger partial charge is 0.798 e. The van der Waals surface area contributed by atoms with Crippen molar-refractivity contribution in [1.82, 2.24) is 9.47 Å². The van der Waals surface area contributed by atoms with E-state index >= 15 is 8.78 Å². The smallest absolute Gasteiger partial charge is 0.492 e. The van der Waals surface area contributed by atoms with Crippen LogP contribution in [0.5, 0.6) is 5.75 Å². The minimum Gasteiger partial charge on any atom is -0.492 e. The number of piperidine rings is 1. The number of imide groups is 1. The van der Waals surface area contributed by atoms with Gasteiger partial charge in [0.25, 0.3) is 11.8 Å². The second-order valence-corrected chi connectivity index (χ2v) is 10.6. The molecule has 2 aromatic carbocycles. The molecule has 0 bridgehead atoms. The van der Waals surface area contributed by atoms with Gasteiger partial charge in [0, 0.05) is 25.3 Å². The van der Waals surface area contributed by atoms with Crippen LogP contribution >= 0.6 is 0 Å². The number of ether oxygens (including phenoxy) is 1. The first-order valence-corrected chi connectivity index (χ1v) is 13.6. The molecule has 2 amide bonds. The Morgan fingerprint density at radius 2 is 1.77 bits per heavy atom. The fourth-order valence-corrected chi connectivity index (χ4v) is 5.78. The molecule has 3 heterocycles. The van der Waals surface area contributed by atoms with Gasteiger partial charge >= 0.3 is 13.4 Å². The van der Waals surface area contributed by atoms with E-state index in [0.29, 0.717) is 32.2 Å². The van der Waals surface area contributed by atoms with Crippen LogP contribution in [0.3, 0.4) is 0 Å². The second kappa shape index (κ2) is 10.9. The predicted molar refractivity (Wildman–Crippen MR) is 148 cm³/mol. The Kier molecular flexibility index (Phi) is 7.22. The molecule has 3 aliphatic rings. The van der Waals surface area contributed by atoms with Crippen LogP contribution in [0.2, 0.25) is 0 Å². The first-order valence-electron chi connectivity index (χ1n) is 13.6. The van der Waals surface area contributed by atoms with Gasteiger partial charge in [0.05, 0.1) is 35.7 Å². The normalized spacial score (nSPS) is 17.8. The van der Waals surface area contributed by atoms with Gasteiger partial charge in [0.2, 0.25) is 5.43 Å². The SMILES string of the molecule is COc1c(N2CCCC(=C(F)CN3C(=O)c4ccccc4C3=O)C2)c(F)cc2c(=O)c(C(=O)OB(F)F)cn(C3CC3)c12. The van der Waals surface area contributed by atoms with Crippen molar-refractivity contribution < 1.29 is 41.2 Å². The number of methoxy groups -OCH3 is 1. The van der Waals surface area contributed by atoms with E-state index in [1.807, 2.05) is 0 Å².